The van der Waals surface area contributed by atoms with Crippen LogP contribution >= 0.6 is 0 Å². The van der Waals surface area contributed by atoms with Gasteiger partial charge in [0.1, 0.15) is 0 Å². The third kappa shape index (κ3) is 2.46. The summed E-state index contributed by atoms with van der Waals surface area (Å²) < 4.78 is 2.26. The molecule has 18 heavy (non-hydrogen) atoms. The van der Waals surface area contributed by atoms with Crippen molar-refractivity contribution in [2.24, 2.45) is 7.05 Å². The quantitative estimate of drug-likeness (QED) is 0.762. The number of pyridine rings is 1. The molecule has 0 fully saturated rings. The van der Waals surface area contributed by atoms with Crippen molar-refractivity contribution in [2.75, 3.05) is 0 Å². The van der Waals surface area contributed by atoms with E-state index in [2.05, 4.69) is 31.5 Å². The summed E-state index contributed by atoms with van der Waals surface area (Å²) in [6.45, 7) is 4.33. The highest BCUT2D eigenvalue weighted by Crippen LogP contribution is 2.16. The SMILES string of the molecule is CCCc1c(CC)c(=N)c2ccccc2n1C.[I-]. The minimum atomic E-state index is 0. The second kappa shape index (κ2) is 6.36. The predicted octanol–water partition coefficient (Wildman–Crippen LogP) is 0.177. The third-order valence-electron chi connectivity index (χ3n) is 3.43. The van der Waals surface area contributed by atoms with E-state index in [1.807, 2.05) is 18.2 Å². The Hall–Kier alpha value is -0.840. The van der Waals surface area contributed by atoms with Crippen LogP contribution in [0.2, 0.25) is 0 Å². The first kappa shape index (κ1) is 15.2. The molecule has 0 bridgehead atoms. The average Bonchev–Trinajstić information content (AvgIpc) is 2.36. The van der Waals surface area contributed by atoms with E-state index in [0.29, 0.717) is 5.36 Å². The molecule has 1 heterocycles. The van der Waals surface area contributed by atoms with Crippen molar-refractivity contribution in [2.45, 2.75) is 33.1 Å². The Morgan fingerprint density at radius 3 is 2.44 bits per heavy atom. The normalized spacial score (nSPS) is 10.4. The van der Waals surface area contributed by atoms with Crippen LogP contribution in [0.15, 0.2) is 24.3 Å². The third-order valence-corrected chi connectivity index (χ3v) is 3.43. The molecule has 98 valence electrons. The van der Waals surface area contributed by atoms with Gasteiger partial charge in [-0.05, 0) is 24.5 Å². The first-order valence-corrected chi connectivity index (χ1v) is 6.34. The topological polar surface area (TPSA) is 28.8 Å². The van der Waals surface area contributed by atoms with E-state index in [1.54, 1.807) is 0 Å². The van der Waals surface area contributed by atoms with Crippen LogP contribution in [0.1, 0.15) is 31.5 Å². The van der Waals surface area contributed by atoms with Crippen molar-refractivity contribution in [1.29, 1.82) is 5.41 Å². The molecule has 0 amide bonds. The number of fused-ring (bicyclic) bond motifs is 1. The van der Waals surface area contributed by atoms with E-state index >= 15 is 0 Å². The van der Waals surface area contributed by atoms with E-state index in [4.69, 9.17) is 5.41 Å². The lowest BCUT2D eigenvalue weighted by Gasteiger charge is -2.17. The monoisotopic (exact) mass is 355 g/mol. The summed E-state index contributed by atoms with van der Waals surface area (Å²) in [6.07, 6.45) is 3.11. The van der Waals surface area contributed by atoms with Gasteiger partial charge in [-0.1, -0.05) is 38.5 Å². The van der Waals surface area contributed by atoms with Crippen molar-refractivity contribution >= 4 is 10.9 Å². The molecule has 0 aliphatic carbocycles. The lowest BCUT2D eigenvalue weighted by molar-refractivity contribution is -0.00000386. The van der Waals surface area contributed by atoms with Gasteiger partial charge in [-0.3, -0.25) is 5.41 Å². The Morgan fingerprint density at radius 2 is 1.83 bits per heavy atom. The van der Waals surface area contributed by atoms with Crippen LogP contribution < -0.4 is 29.3 Å². The van der Waals surface area contributed by atoms with E-state index in [0.717, 1.165) is 30.2 Å². The summed E-state index contributed by atoms with van der Waals surface area (Å²) in [4.78, 5) is 0. The molecular formula is C15H20IN2-. The Labute approximate surface area is 126 Å². The van der Waals surface area contributed by atoms with Crippen molar-refractivity contribution in [3.05, 3.63) is 40.9 Å². The summed E-state index contributed by atoms with van der Waals surface area (Å²) >= 11 is 0. The number of halogens is 1. The van der Waals surface area contributed by atoms with Gasteiger partial charge < -0.3 is 28.5 Å². The van der Waals surface area contributed by atoms with Gasteiger partial charge in [0.05, 0.1) is 10.9 Å². The first-order chi connectivity index (χ1) is 8.20. The average molecular weight is 355 g/mol. The lowest BCUT2D eigenvalue weighted by atomic mass is 10.0. The van der Waals surface area contributed by atoms with Gasteiger partial charge in [0.15, 0.2) is 0 Å². The standard InChI is InChI=1S/C15H20N2.HI/c1-4-8-13-11(5-2)15(16)12-9-6-7-10-14(12)17(13)3;/h6-7,9-10,16H,4-5,8H2,1-3H3;1H/p-1. The molecule has 0 aliphatic rings. The minimum Gasteiger partial charge on any atom is -1.00 e. The number of aromatic nitrogens is 1. The Morgan fingerprint density at radius 1 is 1.17 bits per heavy atom. The molecule has 1 aromatic carbocycles. The van der Waals surface area contributed by atoms with Crippen molar-refractivity contribution in [3.8, 4) is 0 Å². The second-order valence-corrected chi connectivity index (χ2v) is 4.48. The number of aryl methyl sites for hydroxylation is 1. The zero-order valence-corrected chi connectivity index (χ0v) is 13.4. The molecule has 1 N–H and O–H groups in total. The number of hydrogen-bond donors (Lipinski definition) is 1. The van der Waals surface area contributed by atoms with Gasteiger partial charge in [-0.2, -0.15) is 0 Å². The van der Waals surface area contributed by atoms with Gasteiger partial charge in [0.25, 0.3) is 0 Å². The highest BCUT2D eigenvalue weighted by molar-refractivity contribution is 5.79. The highest BCUT2D eigenvalue weighted by Gasteiger charge is 2.10. The highest BCUT2D eigenvalue weighted by atomic mass is 127. The number of nitrogens with one attached hydrogen (secondary N) is 1. The molecule has 3 heteroatoms. The molecule has 1 aromatic heterocycles. The van der Waals surface area contributed by atoms with E-state index in [1.165, 1.54) is 11.3 Å². The minimum absolute atomic E-state index is 0. The molecule has 0 radical (unpaired) electrons. The second-order valence-electron chi connectivity index (χ2n) is 4.48. The molecule has 2 rings (SSSR count). The fraction of sp³-hybridized carbons (Fsp3) is 0.400. The fourth-order valence-electron chi connectivity index (χ4n) is 2.57. The predicted molar refractivity (Wildman–Crippen MR) is 72.1 cm³/mol. The van der Waals surface area contributed by atoms with Crippen LogP contribution in [-0.4, -0.2) is 4.57 Å². The maximum Gasteiger partial charge on any atom is 0.0682 e. The molecule has 0 spiro atoms. The van der Waals surface area contributed by atoms with E-state index in [9.17, 15) is 0 Å². The van der Waals surface area contributed by atoms with Crippen LogP contribution in [0.5, 0.6) is 0 Å². The zero-order chi connectivity index (χ0) is 12.4. The maximum absolute atomic E-state index is 8.34. The smallest absolute Gasteiger partial charge is 0.0682 e. The van der Waals surface area contributed by atoms with Crippen LogP contribution in [0.25, 0.3) is 10.9 Å². The molecule has 2 nitrogen and oxygen atoms in total. The molecule has 2 aromatic rings. The molecule has 0 saturated carbocycles. The van der Waals surface area contributed by atoms with Gasteiger partial charge >= 0.3 is 0 Å². The van der Waals surface area contributed by atoms with Crippen LogP contribution in [0.3, 0.4) is 0 Å². The molecule has 0 saturated heterocycles. The van der Waals surface area contributed by atoms with Crippen molar-refractivity contribution in [3.63, 3.8) is 0 Å². The van der Waals surface area contributed by atoms with Gasteiger partial charge in [0.2, 0.25) is 0 Å². The van der Waals surface area contributed by atoms with Gasteiger partial charge in [-0.25, -0.2) is 0 Å². The molecule has 0 aliphatic heterocycles. The van der Waals surface area contributed by atoms with Gasteiger partial charge in [-0.15, -0.1) is 0 Å². The van der Waals surface area contributed by atoms with Crippen LogP contribution in [0, 0.1) is 5.41 Å². The summed E-state index contributed by atoms with van der Waals surface area (Å²) in [5.74, 6) is 0. The van der Waals surface area contributed by atoms with Crippen LogP contribution in [0.4, 0.5) is 0 Å². The summed E-state index contributed by atoms with van der Waals surface area (Å²) in [5, 5.41) is 10.1. The first-order valence-electron chi connectivity index (χ1n) is 6.34. The van der Waals surface area contributed by atoms with E-state index in [-0.39, 0.29) is 24.0 Å². The Bertz CT molecular complexity index is 599. The number of nitrogens with zero attached hydrogens (tertiary/aromatic N) is 1. The Balaban J connectivity index is 0.00000162. The maximum atomic E-state index is 8.34. The largest absolute Gasteiger partial charge is 1.00 e. The molecule has 0 atom stereocenters. The summed E-state index contributed by atoms with van der Waals surface area (Å²) in [5.41, 5.74) is 3.69. The Kier molecular flexibility index (Phi) is 5.38. The van der Waals surface area contributed by atoms with Crippen molar-refractivity contribution < 1.29 is 24.0 Å². The number of para-hydroxylation sites is 1. The van der Waals surface area contributed by atoms with Crippen LogP contribution in [-0.2, 0) is 19.9 Å². The van der Waals surface area contributed by atoms with Crippen molar-refractivity contribution in [1.82, 2.24) is 4.57 Å². The molecule has 0 unspecified atom stereocenters. The number of rotatable bonds is 3. The lowest BCUT2D eigenvalue weighted by Crippen LogP contribution is -3.00. The fourth-order valence-corrected chi connectivity index (χ4v) is 2.57. The number of hydrogen-bond acceptors (Lipinski definition) is 1. The molecular weight excluding hydrogens is 335 g/mol. The van der Waals surface area contributed by atoms with Gasteiger partial charge in [0, 0.05) is 18.1 Å². The summed E-state index contributed by atoms with van der Waals surface area (Å²) in [6, 6.07) is 8.21. The zero-order valence-electron chi connectivity index (χ0n) is 11.3. The number of benzene rings is 1. The summed E-state index contributed by atoms with van der Waals surface area (Å²) in [7, 11) is 2.12. The van der Waals surface area contributed by atoms with E-state index < -0.39 is 0 Å².